The highest BCUT2D eigenvalue weighted by molar-refractivity contribution is 7.98. The molecule has 3 rings (SSSR count). The number of benzene rings is 2. The van der Waals surface area contributed by atoms with Gasteiger partial charge in [0.2, 0.25) is 11.8 Å². The summed E-state index contributed by atoms with van der Waals surface area (Å²) in [5.41, 5.74) is 2.80. The van der Waals surface area contributed by atoms with Gasteiger partial charge in [0.15, 0.2) is 0 Å². The Kier molecular flexibility index (Phi) is 11.0. The minimum absolute atomic E-state index is 0.0786. The molecule has 1 unspecified atom stereocenters. The molecule has 1 fully saturated rings. The predicted octanol–water partition coefficient (Wildman–Crippen LogP) is 4.87. The summed E-state index contributed by atoms with van der Waals surface area (Å²) < 4.78 is 0. The van der Waals surface area contributed by atoms with Crippen LogP contribution < -0.4 is 16.0 Å². The number of carbonyl (C=O) groups is 4. The summed E-state index contributed by atoms with van der Waals surface area (Å²) in [6.45, 7) is 6.39. The zero-order valence-corrected chi connectivity index (χ0v) is 24.5. The van der Waals surface area contributed by atoms with Crippen LogP contribution in [0.1, 0.15) is 50.7 Å². The third-order valence-corrected chi connectivity index (χ3v) is 8.12. The third-order valence-electron chi connectivity index (χ3n) is 7.47. The molecule has 0 saturated carbocycles. The van der Waals surface area contributed by atoms with Crippen molar-refractivity contribution in [2.24, 2.45) is 5.92 Å². The fourth-order valence-corrected chi connectivity index (χ4v) is 5.61. The Morgan fingerprint density at radius 2 is 1.80 bits per heavy atom. The zero-order chi connectivity index (χ0) is 29.3. The molecule has 1 aliphatic rings. The van der Waals surface area contributed by atoms with Crippen molar-refractivity contribution in [1.29, 1.82) is 0 Å². The van der Waals surface area contributed by atoms with Crippen molar-refractivity contribution in [2.45, 2.75) is 57.9 Å². The summed E-state index contributed by atoms with van der Waals surface area (Å²) >= 11 is 1.59. The van der Waals surface area contributed by atoms with E-state index in [1.165, 1.54) is 0 Å². The monoisotopic (exact) mass is 568 g/mol. The standard InChI is InChI=1S/C30H40N4O5S/c1-20-8-5-6-10-25(20)33-29(39)32-22-13-11-21(12-14-22)30(2,3)24-9-7-16-34(28(24)38)19-26(35)31-23(15-17-40-4)18-27(36)37/h5-6,8,10-14,23-24H,7,9,15-19H2,1-4H3,(H,31,35)(H,36,37)(H2,32,33,39)/t23-,24?/m1/s1. The summed E-state index contributed by atoms with van der Waals surface area (Å²) in [7, 11) is 0. The minimum Gasteiger partial charge on any atom is -0.481 e. The van der Waals surface area contributed by atoms with Crippen molar-refractivity contribution < 1.29 is 24.3 Å². The number of hydrogen-bond acceptors (Lipinski definition) is 5. The van der Waals surface area contributed by atoms with Gasteiger partial charge in [0, 0.05) is 35.3 Å². The first-order chi connectivity index (χ1) is 19.0. The second kappa shape index (κ2) is 14.2. The van der Waals surface area contributed by atoms with E-state index >= 15 is 0 Å². The number of aryl methyl sites for hydroxylation is 1. The van der Waals surface area contributed by atoms with Crippen molar-refractivity contribution in [3.63, 3.8) is 0 Å². The number of carboxylic acids is 1. The lowest BCUT2D eigenvalue weighted by atomic mass is 9.69. The van der Waals surface area contributed by atoms with Crippen LogP contribution in [0.3, 0.4) is 0 Å². The van der Waals surface area contributed by atoms with Gasteiger partial charge in [-0.05, 0) is 67.5 Å². The lowest BCUT2D eigenvalue weighted by Crippen LogP contribution is -2.52. The molecule has 0 aliphatic carbocycles. The molecule has 216 valence electrons. The Morgan fingerprint density at radius 3 is 2.45 bits per heavy atom. The molecule has 2 aromatic carbocycles. The van der Waals surface area contributed by atoms with E-state index in [9.17, 15) is 24.3 Å². The molecular weight excluding hydrogens is 528 g/mol. The molecule has 1 aliphatic heterocycles. The number of likely N-dealkylation sites (tertiary alicyclic amines) is 1. The van der Waals surface area contributed by atoms with E-state index in [0.29, 0.717) is 25.1 Å². The Morgan fingerprint density at radius 1 is 1.10 bits per heavy atom. The lowest BCUT2D eigenvalue weighted by molar-refractivity contribution is -0.144. The Labute approximate surface area is 240 Å². The van der Waals surface area contributed by atoms with E-state index in [1.807, 2.05) is 75.6 Å². The number of para-hydroxylation sites is 1. The highest BCUT2D eigenvalue weighted by Gasteiger charge is 2.41. The number of urea groups is 1. The van der Waals surface area contributed by atoms with Gasteiger partial charge >= 0.3 is 12.0 Å². The van der Waals surface area contributed by atoms with Crippen LogP contribution in [-0.4, -0.2) is 65.0 Å². The number of nitrogens with one attached hydrogen (secondary N) is 3. The maximum atomic E-state index is 13.5. The second-order valence-corrected chi connectivity index (χ2v) is 11.8. The first kappa shape index (κ1) is 31.0. The number of hydrogen-bond donors (Lipinski definition) is 4. The van der Waals surface area contributed by atoms with Crippen LogP contribution in [-0.2, 0) is 19.8 Å². The summed E-state index contributed by atoms with van der Waals surface area (Å²) in [6, 6.07) is 14.2. The summed E-state index contributed by atoms with van der Waals surface area (Å²) in [5, 5.41) is 17.7. The molecule has 4 amide bonds. The van der Waals surface area contributed by atoms with Gasteiger partial charge in [0.1, 0.15) is 0 Å². The molecule has 0 radical (unpaired) electrons. The summed E-state index contributed by atoms with van der Waals surface area (Å²) in [4.78, 5) is 51.5. The maximum Gasteiger partial charge on any atom is 0.323 e. The van der Waals surface area contributed by atoms with E-state index in [0.717, 1.165) is 29.0 Å². The molecule has 1 saturated heterocycles. The van der Waals surface area contributed by atoms with E-state index in [2.05, 4.69) is 16.0 Å². The van der Waals surface area contributed by atoms with Crippen LogP contribution in [0.25, 0.3) is 0 Å². The van der Waals surface area contributed by atoms with Gasteiger partial charge < -0.3 is 26.0 Å². The number of thioether (sulfide) groups is 1. The molecule has 2 atom stereocenters. The topological polar surface area (TPSA) is 128 Å². The third kappa shape index (κ3) is 8.48. The highest BCUT2D eigenvalue weighted by atomic mass is 32.2. The van der Waals surface area contributed by atoms with Gasteiger partial charge in [0.05, 0.1) is 13.0 Å². The minimum atomic E-state index is -0.963. The molecule has 10 heteroatoms. The predicted molar refractivity (Wildman–Crippen MR) is 160 cm³/mol. The highest BCUT2D eigenvalue weighted by Crippen LogP contribution is 2.38. The number of carboxylic acid groups (broad SMARTS) is 1. The average Bonchev–Trinajstić information content (AvgIpc) is 2.89. The average molecular weight is 569 g/mol. The maximum absolute atomic E-state index is 13.5. The quantitative estimate of drug-likeness (QED) is 0.289. The van der Waals surface area contributed by atoms with Gasteiger partial charge in [-0.2, -0.15) is 11.8 Å². The van der Waals surface area contributed by atoms with Crippen molar-refractivity contribution in [1.82, 2.24) is 10.2 Å². The largest absolute Gasteiger partial charge is 0.481 e. The van der Waals surface area contributed by atoms with Gasteiger partial charge in [0.25, 0.3) is 0 Å². The number of anilines is 2. The van der Waals surface area contributed by atoms with Crippen LogP contribution in [0.5, 0.6) is 0 Å². The number of nitrogens with zero attached hydrogens (tertiary/aromatic N) is 1. The van der Waals surface area contributed by atoms with Crippen molar-refractivity contribution in [3.8, 4) is 0 Å². The number of carbonyl (C=O) groups excluding carboxylic acids is 3. The van der Waals surface area contributed by atoms with E-state index in [4.69, 9.17) is 0 Å². The molecule has 0 aromatic heterocycles. The van der Waals surface area contributed by atoms with Crippen LogP contribution in [0.4, 0.5) is 16.2 Å². The molecular formula is C30H40N4O5S. The summed E-state index contributed by atoms with van der Waals surface area (Å²) in [6.07, 6.45) is 3.83. The van der Waals surface area contributed by atoms with Gasteiger partial charge in [-0.15, -0.1) is 0 Å². The first-order valence-corrected chi connectivity index (χ1v) is 14.9. The first-order valence-electron chi connectivity index (χ1n) is 13.5. The molecule has 0 bridgehead atoms. The number of amides is 4. The Hall–Kier alpha value is -3.53. The SMILES string of the molecule is CSCC[C@H](CC(=O)O)NC(=O)CN1CCCC(C(C)(C)c2ccc(NC(=O)Nc3ccccc3C)cc2)C1=O. The van der Waals surface area contributed by atoms with Crippen LogP contribution in [0, 0.1) is 12.8 Å². The van der Waals surface area contributed by atoms with Gasteiger partial charge in [-0.3, -0.25) is 14.4 Å². The van der Waals surface area contributed by atoms with Crippen LogP contribution in [0.15, 0.2) is 48.5 Å². The number of aliphatic carboxylic acids is 1. The number of piperidine rings is 1. The molecule has 0 spiro atoms. The zero-order valence-electron chi connectivity index (χ0n) is 23.7. The Bertz CT molecular complexity index is 1200. The van der Waals surface area contributed by atoms with Crippen molar-refractivity contribution >= 4 is 47.0 Å². The van der Waals surface area contributed by atoms with E-state index in [1.54, 1.807) is 16.7 Å². The fraction of sp³-hybridized carbons (Fsp3) is 0.467. The van der Waals surface area contributed by atoms with Gasteiger partial charge in [-0.25, -0.2) is 4.79 Å². The molecule has 9 nitrogen and oxygen atoms in total. The Balaban J connectivity index is 1.61. The van der Waals surface area contributed by atoms with Crippen LogP contribution in [0.2, 0.25) is 0 Å². The number of rotatable bonds is 12. The fourth-order valence-electron chi connectivity index (χ4n) is 5.09. The second-order valence-electron chi connectivity index (χ2n) is 10.8. The molecule has 1 heterocycles. The van der Waals surface area contributed by atoms with Crippen molar-refractivity contribution in [3.05, 3.63) is 59.7 Å². The smallest absolute Gasteiger partial charge is 0.323 e. The van der Waals surface area contributed by atoms with Crippen molar-refractivity contribution in [2.75, 3.05) is 35.7 Å². The lowest BCUT2D eigenvalue weighted by Gasteiger charge is -2.41. The van der Waals surface area contributed by atoms with Gasteiger partial charge in [-0.1, -0.05) is 44.2 Å². The molecule has 40 heavy (non-hydrogen) atoms. The van der Waals surface area contributed by atoms with Crippen LogP contribution >= 0.6 is 11.8 Å². The molecule has 4 N–H and O–H groups in total. The summed E-state index contributed by atoms with van der Waals surface area (Å²) in [5.74, 6) is -0.953. The van der Waals surface area contributed by atoms with E-state index < -0.39 is 17.4 Å². The molecule has 2 aromatic rings. The normalized spacial score (nSPS) is 16.2. The van der Waals surface area contributed by atoms with E-state index in [-0.39, 0.29) is 36.7 Å².